The third-order valence-electron chi connectivity index (χ3n) is 2.67. The van der Waals surface area contributed by atoms with Crippen LogP contribution in [0.2, 0.25) is 0 Å². The van der Waals surface area contributed by atoms with Crippen molar-refractivity contribution in [1.82, 2.24) is 4.98 Å². The zero-order chi connectivity index (χ0) is 16.9. The van der Waals surface area contributed by atoms with Gasteiger partial charge in [-0.05, 0) is 30.7 Å². The molecule has 5 nitrogen and oxygen atoms in total. The number of aromatic nitrogens is 1. The summed E-state index contributed by atoms with van der Waals surface area (Å²) < 4.78 is 40.0. The number of halogens is 4. The van der Waals surface area contributed by atoms with E-state index in [0.717, 1.165) is 17.1 Å². The van der Waals surface area contributed by atoms with Crippen LogP contribution < -0.4 is 15.8 Å². The average molecular weight is 472 g/mol. The highest BCUT2D eigenvalue weighted by Gasteiger charge is 2.30. The SMILES string of the molecule is CCc1nc(CN=C(N)Nc2ccc(OC(F)(F)F)cc2)cs1.I. The van der Waals surface area contributed by atoms with Crippen molar-refractivity contribution in [2.45, 2.75) is 26.3 Å². The number of ether oxygens (including phenoxy) is 1. The van der Waals surface area contributed by atoms with Crippen LogP contribution in [0.5, 0.6) is 5.75 Å². The van der Waals surface area contributed by atoms with Gasteiger partial charge in [-0.2, -0.15) is 0 Å². The molecule has 0 bridgehead atoms. The van der Waals surface area contributed by atoms with E-state index in [1.807, 2.05) is 12.3 Å². The third kappa shape index (κ3) is 6.91. The number of aryl methyl sites for hydroxylation is 1. The number of hydrogen-bond donors (Lipinski definition) is 2. The molecule has 132 valence electrons. The summed E-state index contributed by atoms with van der Waals surface area (Å²) in [5, 5.41) is 5.73. The van der Waals surface area contributed by atoms with E-state index in [1.54, 1.807) is 11.3 Å². The fraction of sp³-hybridized carbons (Fsp3) is 0.286. The first-order valence-corrected chi connectivity index (χ1v) is 7.59. The van der Waals surface area contributed by atoms with Crippen LogP contribution in [0.15, 0.2) is 34.6 Å². The summed E-state index contributed by atoms with van der Waals surface area (Å²) in [6, 6.07) is 5.22. The van der Waals surface area contributed by atoms with E-state index in [1.165, 1.54) is 24.3 Å². The van der Waals surface area contributed by atoms with Gasteiger partial charge in [-0.15, -0.1) is 48.5 Å². The molecule has 0 radical (unpaired) electrons. The first-order valence-electron chi connectivity index (χ1n) is 6.72. The van der Waals surface area contributed by atoms with Crippen LogP contribution in [-0.4, -0.2) is 17.3 Å². The molecule has 0 aliphatic rings. The first-order chi connectivity index (χ1) is 10.9. The Morgan fingerprint density at radius 1 is 1.33 bits per heavy atom. The summed E-state index contributed by atoms with van der Waals surface area (Å²) in [5.41, 5.74) is 7.07. The maximum atomic E-state index is 12.1. The molecule has 0 unspecified atom stereocenters. The molecular weight excluding hydrogens is 456 g/mol. The molecule has 2 rings (SSSR count). The van der Waals surface area contributed by atoms with Gasteiger partial charge in [0.05, 0.1) is 17.2 Å². The largest absolute Gasteiger partial charge is 0.573 e. The lowest BCUT2D eigenvalue weighted by molar-refractivity contribution is -0.274. The Bertz CT molecular complexity index is 673. The quantitative estimate of drug-likeness (QED) is 0.390. The van der Waals surface area contributed by atoms with E-state index in [4.69, 9.17) is 5.73 Å². The summed E-state index contributed by atoms with van der Waals surface area (Å²) in [5.74, 6) is -0.145. The highest BCUT2D eigenvalue weighted by Crippen LogP contribution is 2.23. The Morgan fingerprint density at radius 3 is 2.54 bits per heavy atom. The predicted octanol–water partition coefficient (Wildman–Crippen LogP) is 4.15. The monoisotopic (exact) mass is 472 g/mol. The molecule has 3 N–H and O–H groups in total. The van der Waals surface area contributed by atoms with Crippen LogP contribution in [0.1, 0.15) is 17.6 Å². The molecule has 2 aromatic rings. The van der Waals surface area contributed by atoms with Gasteiger partial charge >= 0.3 is 6.36 Å². The number of guanidine groups is 1. The van der Waals surface area contributed by atoms with E-state index >= 15 is 0 Å². The molecule has 1 aromatic carbocycles. The van der Waals surface area contributed by atoms with Crippen molar-refractivity contribution in [2.75, 3.05) is 5.32 Å². The fourth-order valence-electron chi connectivity index (χ4n) is 1.68. The summed E-state index contributed by atoms with van der Waals surface area (Å²) in [6.45, 7) is 2.36. The van der Waals surface area contributed by atoms with E-state index in [-0.39, 0.29) is 35.7 Å². The van der Waals surface area contributed by atoms with Crippen molar-refractivity contribution in [1.29, 1.82) is 0 Å². The van der Waals surface area contributed by atoms with Gasteiger partial charge in [-0.3, -0.25) is 0 Å². The smallest absolute Gasteiger partial charge is 0.406 e. The fourth-order valence-corrected chi connectivity index (χ4v) is 2.41. The number of benzene rings is 1. The van der Waals surface area contributed by atoms with Crippen LogP contribution in [0.25, 0.3) is 0 Å². The van der Waals surface area contributed by atoms with Crippen molar-refractivity contribution in [2.24, 2.45) is 10.7 Å². The van der Waals surface area contributed by atoms with Crippen molar-refractivity contribution in [3.63, 3.8) is 0 Å². The molecular formula is C14H16F3IN4OS. The van der Waals surface area contributed by atoms with Crippen LogP contribution in [0.4, 0.5) is 18.9 Å². The zero-order valence-corrected chi connectivity index (χ0v) is 15.8. The van der Waals surface area contributed by atoms with Gasteiger partial charge in [0.25, 0.3) is 0 Å². The molecule has 0 amide bonds. The highest BCUT2D eigenvalue weighted by molar-refractivity contribution is 14.0. The van der Waals surface area contributed by atoms with E-state index in [2.05, 4.69) is 20.0 Å². The van der Waals surface area contributed by atoms with Crippen molar-refractivity contribution < 1.29 is 17.9 Å². The summed E-state index contributed by atoms with van der Waals surface area (Å²) in [4.78, 5) is 8.49. The van der Waals surface area contributed by atoms with Crippen LogP contribution in [0.3, 0.4) is 0 Å². The first kappa shape index (κ1) is 20.5. The second-order valence-electron chi connectivity index (χ2n) is 4.48. The molecule has 0 aliphatic carbocycles. The number of aliphatic imine (C=N–C) groups is 1. The number of nitrogens with two attached hydrogens (primary N) is 1. The molecule has 10 heteroatoms. The topological polar surface area (TPSA) is 72.5 Å². The van der Waals surface area contributed by atoms with Crippen molar-refractivity contribution in [3.05, 3.63) is 40.3 Å². The summed E-state index contributed by atoms with van der Waals surface area (Å²) >= 11 is 1.56. The van der Waals surface area contributed by atoms with Crippen LogP contribution in [-0.2, 0) is 13.0 Å². The van der Waals surface area contributed by atoms with Gasteiger partial charge in [-0.25, -0.2) is 9.98 Å². The van der Waals surface area contributed by atoms with Gasteiger partial charge in [0.15, 0.2) is 5.96 Å². The lowest BCUT2D eigenvalue weighted by atomic mass is 10.3. The number of rotatable bonds is 5. The zero-order valence-electron chi connectivity index (χ0n) is 12.6. The Morgan fingerprint density at radius 2 is 2.00 bits per heavy atom. The molecule has 0 atom stereocenters. The lowest BCUT2D eigenvalue weighted by Crippen LogP contribution is -2.22. The van der Waals surface area contributed by atoms with Gasteiger partial charge in [0.1, 0.15) is 5.75 Å². The Hall–Kier alpha value is -1.56. The normalized spacial score (nSPS) is 11.8. The minimum atomic E-state index is -4.71. The Labute approximate surface area is 158 Å². The second kappa shape index (κ2) is 9.06. The van der Waals surface area contributed by atoms with E-state index in [9.17, 15) is 13.2 Å². The summed E-state index contributed by atoms with van der Waals surface area (Å²) in [7, 11) is 0. The second-order valence-corrected chi connectivity index (χ2v) is 5.43. The highest BCUT2D eigenvalue weighted by atomic mass is 127. The maximum absolute atomic E-state index is 12.1. The van der Waals surface area contributed by atoms with E-state index in [0.29, 0.717) is 12.2 Å². The number of thiazole rings is 1. The van der Waals surface area contributed by atoms with Gasteiger partial charge in [-0.1, -0.05) is 6.92 Å². The molecule has 0 saturated carbocycles. The Balaban J connectivity index is 0.00000288. The molecule has 1 heterocycles. The number of nitrogens with one attached hydrogen (secondary N) is 1. The number of nitrogens with zero attached hydrogens (tertiary/aromatic N) is 2. The number of alkyl halides is 3. The standard InChI is InChI=1S/C14H15F3N4OS.HI/c1-2-12-20-10(8-23-12)7-19-13(18)21-9-3-5-11(6-4-9)22-14(15,16)17;/h3-6,8H,2,7H2,1H3,(H3,18,19,21);1H. The third-order valence-corrected chi connectivity index (χ3v) is 3.72. The van der Waals surface area contributed by atoms with Crippen LogP contribution in [0, 0.1) is 0 Å². The Kier molecular flexibility index (Phi) is 7.73. The molecule has 0 saturated heterocycles. The van der Waals surface area contributed by atoms with Crippen molar-refractivity contribution in [3.8, 4) is 5.75 Å². The van der Waals surface area contributed by atoms with Gasteiger partial charge in [0, 0.05) is 11.1 Å². The summed E-state index contributed by atoms with van der Waals surface area (Å²) in [6.07, 6.45) is -3.84. The lowest BCUT2D eigenvalue weighted by Gasteiger charge is -2.10. The molecule has 24 heavy (non-hydrogen) atoms. The molecule has 0 fully saturated rings. The number of hydrogen-bond acceptors (Lipinski definition) is 4. The molecule has 0 aliphatic heterocycles. The molecule has 1 aromatic heterocycles. The average Bonchev–Trinajstić information content (AvgIpc) is 2.94. The van der Waals surface area contributed by atoms with E-state index < -0.39 is 6.36 Å². The predicted molar refractivity (Wildman–Crippen MR) is 99.0 cm³/mol. The molecule has 0 spiro atoms. The van der Waals surface area contributed by atoms with Gasteiger partial charge in [0.2, 0.25) is 0 Å². The van der Waals surface area contributed by atoms with Crippen molar-refractivity contribution >= 4 is 47.0 Å². The maximum Gasteiger partial charge on any atom is 0.573 e. The van der Waals surface area contributed by atoms with Gasteiger partial charge < -0.3 is 15.8 Å². The minimum Gasteiger partial charge on any atom is -0.406 e. The number of anilines is 1. The minimum absolute atomic E-state index is 0. The van der Waals surface area contributed by atoms with Crippen LogP contribution >= 0.6 is 35.3 Å².